The zero-order valence-electron chi connectivity index (χ0n) is 24.6. The average molecular weight is 543 g/mol. The topological polar surface area (TPSA) is 82.1 Å². The number of carbonyl (C=O) groups is 2. The molecule has 6 nitrogen and oxygen atoms in total. The highest BCUT2D eigenvalue weighted by Gasteiger charge is 2.52. The molecule has 39 heavy (non-hydrogen) atoms. The second kappa shape index (κ2) is 13.2. The zero-order valence-corrected chi connectivity index (χ0v) is 24.6. The molecular formula is C33H50O6. The number of hydrogen-bond acceptors (Lipinski definition) is 6. The largest absolute Gasteiger partial charge is 0.462 e. The predicted molar refractivity (Wildman–Crippen MR) is 151 cm³/mol. The third-order valence-corrected chi connectivity index (χ3v) is 9.99. The summed E-state index contributed by atoms with van der Waals surface area (Å²) < 4.78 is 18.7. The fraction of sp³-hybridized carbons (Fsp3) is 0.758. The Hall–Kier alpha value is -1.92. The summed E-state index contributed by atoms with van der Waals surface area (Å²) in [6.45, 7) is 11.2. The van der Waals surface area contributed by atoms with Gasteiger partial charge in [-0.05, 0) is 81.6 Å². The molecule has 0 unspecified atom stereocenters. The lowest BCUT2D eigenvalue weighted by molar-refractivity contribution is -0.188. The Kier molecular flexibility index (Phi) is 10.1. The van der Waals surface area contributed by atoms with Crippen molar-refractivity contribution in [3.05, 3.63) is 35.9 Å². The molecule has 1 aliphatic heterocycles. The average Bonchev–Trinajstić information content (AvgIpc) is 2.89. The zero-order chi connectivity index (χ0) is 28.2. The fourth-order valence-electron chi connectivity index (χ4n) is 7.28. The van der Waals surface area contributed by atoms with E-state index in [9.17, 15) is 14.7 Å². The number of rotatable bonds is 10. The van der Waals surface area contributed by atoms with E-state index in [1.54, 1.807) is 0 Å². The Balaban J connectivity index is 1.52. The normalized spacial score (nSPS) is 35.1. The minimum Gasteiger partial charge on any atom is -0.462 e. The van der Waals surface area contributed by atoms with Crippen LogP contribution in [-0.4, -0.2) is 48.1 Å². The van der Waals surface area contributed by atoms with E-state index in [4.69, 9.17) is 14.2 Å². The fourth-order valence-corrected chi connectivity index (χ4v) is 7.28. The van der Waals surface area contributed by atoms with E-state index < -0.39 is 11.5 Å². The smallest absolute Gasteiger partial charge is 0.311 e. The molecule has 1 saturated heterocycles. The summed E-state index contributed by atoms with van der Waals surface area (Å²) in [4.78, 5) is 25.2. The van der Waals surface area contributed by atoms with Crippen LogP contribution in [0.3, 0.4) is 0 Å². The highest BCUT2D eigenvalue weighted by atomic mass is 16.6. The van der Waals surface area contributed by atoms with E-state index in [1.807, 2.05) is 26.8 Å². The van der Waals surface area contributed by atoms with Gasteiger partial charge in [-0.25, -0.2) is 0 Å². The Bertz CT molecular complexity index is 945. The lowest BCUT2D eigenvalue weighted by Gasteiger charge is -2.53. The quantitative estimate of drug-likeness (QED) is 0.358. The first-order chi connectivity index (χ1) is 18.6. The molecule has 0 spiro atoms. The van der Waals surface area contributed by atoms with Crippen LogP contribution >= 0.6 is 0 Å². The molecule has 3 aliphatic rings. The predicted octanol–water partition coefficient (Wildman–Crippen LogP) is 6.13. The summed E-state index contributed by atoms with van der Waals surface area (Å²) >= 11 is 0. The van der Waals surface area contributed by atoms with Crippen molar-refractivity contribution >= 4 is 11.9 Å². The number of aliphatic hydroxyl groups excluding tert-OH is 1. The maximum absolute atomic E-state index is 13.3. The molecule has 218 valence electrons. The third kappa shape index (κ3) is 7.43. The lowest BCUT2D eigenvalue weighted by atomic mass is 9.57. The van der Waals surface area contributed by atoms with Gasteiger partial charge in [0.15, 0.2) is 0 Å². The molecule has 9 atom stereocenters. The van der Waals surface area contributed by atoms with Crippen LogP contribution in [0.5, 0.6) is 0 Å². The summed E-state index contributed by atoms with van der Waals surface area (Å²) in [5, 5.41) is 10.1. The van der Waals surface area contributed by atoms with Gasteiger partial charge in [-0.15, -0.1) is 0 Å². The van der Waals surface area contributed by atoms with E-state index in [0.717, 1.165) is 44.9 Å². The minimum atomic E-state index is -0.615. The van der Waals surface area contributed by atoms with E-state index in [1.165, 1.54) is 5.56 Å². The third-order valence-electron chi connectivity index (χ3n) is 9.99. The molecule has 3 fully saturated rings. The van der Waals surface area contributed by atoms with Gasteiger partial charge >= 0.3 is 11.9 Å². The van der Waals surface area contributed by atoms with Crippen LogP contribution in [0.1, 0.15) is 91.5 Å². The van der Waals surface area contributed by atoms with E-state index >= 15 is 0 Å². The van der Waals surface area contributed by atoms with Crippen LogP contribution in [0.15, 0.2) is 30.3 Å². The number of carbonyl (C=O) groups excluding carboxylic acids is 2. The highest BCUT2D eigenvalue weighted by molar-refractivity contribution is 5.76. The van der Waals surface area contributed by atoms with Crippen molar-refractivity contribution < 1.29 is 28.9 Å². The number of benzene rings is 1. The number of fused-ring (bicyclic) bond motifs is 1. The standard InChI is InChI=1S/C33H50O6/c1-6-33(4,5)32(36)39-28-18-22(3)31(37-17-16-23-10-8-7-9-11-23)27-14-12-21(2)26(30(27)28)15-13-25-19-24(34)20-29(35)38-25/h7-11,21-22,24-28,30-31,34H,6,12-20H2,1-5H3/t21-,22+,24+,25+,26-,27+,28-,30+,31+/m0/s1. The molecule has 0 aromatic heterocycles. The summed E-state index contributed by atoms with van der Waals surface area (Å²) in [7, 11) is 0. The molecule has 1 aromatic rings. The van der Waals surface area contributed by atoms with Crippen LogP contribution < -0.4 is 0 Å². The Morgan fingerprint density at radius 1 is 1.08 bits per heavy atom. The van der Waals surface area contributed by atoms with Crippen molar-refractivity contribution in [2.75, 3.05) is 6.61 Å². The van der Waals surface area contributed by atoms with Crippen LogP contribution in [0.4, 0.5) is 0 Å². The Morgan fingerprint density at radius 3 is 2.51 bits per heavy atom. The first kappa shape index (κ1) is 30.0. The first-order valence-corrected chi connectivity index (χ1v) is 15.3. The maximum atomic E-state index is 13.3. The van der Waals surface area contributed by atoms with Crippen LogP contribution in [-0.2, 0) is 30.2 Å². The van der Waals surface area contributed by atoms with Gasteiger partial charge < -0.3 is 19.3 Å². The van der Waals surface area contributed by atoms with Crippen molar-refractivity contribution in [3.8, 4) is 0 Å². The molecule has 6 heteroatoms. The number of esters is 2. The van der Waals surface area contributed by atoms with Gasteiger partial charge in [-0.2, -0.15) is 0 Å². The lowest BCUT2D eigenvalue weighted by Crippen LogP contribution is -2.54. The summed E-state index contributed by atoms with van der Waals surface area (Å²) in [6.07, 6.45) is 5.99. The van der Waals surface area contributed by atoms with E-state index in [0.29, 0.717) is 36.7 Å². The van der Waals surface area contributed by atoms with Crippen molar-refractivity contribution in [2.45, 2.75) is 117 Å². The molecule has 0 bridgehead atoms. The molecule has 1 heterocycles. The first-order valence-electron chi connectivity index (χ1n) is 15.3. The molecule has 1 aromatic carbocycles. The highest BCUT2D eigenvalue weighted by Crippen LogP contribution is 2.52. The molecule has 4 rings (SSSR count). The minimum absolute atomic E-state index is 0.0894. The van der Waals surface area contributed by atoms with Crippen LogP contribution in [0.2, 0.25) is 0 Å². The monoisotopic (exact) mass is 542 g/mol. The Labute approximate surface area is 235 Å². The van der Waals surface area contributed by atoms with Crippen molar-refractivity contribution in [1.82, 2.24) is 0 Å². The maximum Gasteiger partial charge on any atom is 0.311 e. The number of aliphatic hydroxyl groups is 1. The van der Waals surface area contributed by atoms with Crippen molar-refractivity contribution in [3.63, 3.8) is 0 Å². The number of hydrogen-bond donors (Lipinski definition) is 1. The summed E-state index contributed by atoms with van der Waals surface area (Å²) in [6, 6.07) is 10.5. The molecule has 0 radical (unpaired) electrons. The van der Waals surface area contributed by atoms with Gasteiger partial charge in [0.1, 0.15) is 12.2 Å². The van der Waals surface area contributed by atoms with E-state index in [2.05, 4.69) is 38.1 Å². The summed E-state index contributed by atoms with van der Waals surface area (Å²) in [5.74, 6) is 1.25. The SMILES string of the molecule is CCC(C)(C)C(=O)O[C@H]1C[C@@H](C)[C@@H](OCCc2ccccc2)[C@@H]2CC[C@H](C)[C@H](CC[C@@H]3C[C@@H](O)CC(=O)O3)[C@H]21. The summed E-state index contributed by atoms with van der Waals surface area (Å²) in [5.41, 5.74) is 0.773. The van der Waals surface area contributed by atoms with Gasteiger partial charge in [-0.3, -0.25) is 9.59 Å². The molecule has 2 saturated carbocycles. The van der Waals surface area contributed by atoms with Crippen molar-refractivity contribution in [2.24, 2.45) is 35.0 Å². The number of ether oxygens (including phenoxy) is 3. The van der Waals surface area contributed by atoms with Gasteiger partial charge in [0.05, 0.1) is 30.7 Å². The molecule has 2 aliphatic carbocycles. The van der Waals surface area contributed by atoms with Crippen LogP contribution in [0.25, 0.3) is 0 Å². The molecular weight excluding hydrogens is 492 g/mol. The van der Waals surface area contributed by atoms with E-state index in [-0.39, 0.29) is 42.6 Å². The van der Waals surface area contributed by atoms with Crippen LogP contribution in [0, 0.1) is 35.0 Å². The van der Waals surface area contributed by atoms with Crippen molar-refractivity contribution in [1.29, 1.82) is 0 Å². The van der Waals surface area contributed by atoms with Gasteiger partial charge in [0.25, 0.3) is 0 Å². The van der Waals surface area contributed by atoms with Gasteiger partial charge in [-0.1, -0.05) is 57.5 Å². The number of cyclic esters (lactones) is 1. The van der Waals surface area contributed by atoms with Gasteiger partial charge in [0, 0.05) is 12.3 Å². The second-order valence-corrected chi connectivity index (χ2v) is 13.2. The van der Waals surface area contributed by atoms with Gasteiger partial charge in [0.2, 0.25) is 0 Å². The molecule has 0 amide bonds. The second-order valence-electron chi connectivity index (χ2n) is 13.2. The Morgan fingerprint density at radius 2 is 1.82 bits per heavy atom. The molecule has 1 N–H and O–H groups in total.